The van der Waals surface area contributed by atoms with Crippen LogP contribution in [0.2, 0.25) is 10.3 Å². The summed E-state index contributed by atoms with van der Waals surface area (Å²) >= 11 is 11.5. The molecule has 2 aromatic rings. The number of halogens is 2. The van der Waals surface area contributed by atoms with Crippen LogP contribution in [-0.4, -0.2) is 16.0 Å². The fraction of sp³-hybridized carbons (Fsp3) is 0.182. The Kier molecular flexibility index (Phi) is 3.54. The number of carbonyl (C=O) groups excluding carboxylic acids is 1. The first-order chi connectivity index (χ1) is 8.49. The van der Waals surface area contributed by atoms with E-state index in [2.05, 4.69) is 15.5 Å². The topological polar surface area (TPSA) is 68.0 Å². The zero-order valence-corrected chi connectivity index (χ0v) is 11.1. The monoisotopic (exact) mass is 285 g/mol. The fourth-order valence-electron chi connectivity index (χ4n) is 1.28. The molecule has 1 N–H and O–H groups in total. The lowest BCUT2D eigenvalue weighted by molar-refractivity contribution is 0.102. The minimum Gasteiger partial charge on any atom is -0.338 e. The smallest absolute Gasteiger partial charge is 0.261 e. The minimum atomic E-state index is -0.427. The summed E-state index contributed by atoms with van der Waals surface area (Å²) in [5, 5.41) is 6.57. The van der Waals surface area contributed by atoms with Crippen molar-refractivity contribution >= 4 is 35.0 Å². The number of hydrogen-bond acceptors (Lipinski definition) is 4. The number of nitrogens with zero attached hydrogens (tertiary/aromatic N) is 2. The maximum absolute atomic E-state index is 11.9. The van der Waals surface area contributed by atoms with Gasteiger partial charge in [0.1, 0.15) is 10.3 Å². The molecule has 0 radical (unpaired) electrons. The van der Waals surface area contributed by atoms with Crippen molar-refractivity contribution in [2.75, 3.05) is 5.32 Å². The molecular weight excluding hydrogens is 277 g/mol. The lowest BCUT2D eigenvalue weighted by atomic mass is 10.2. The molecule has 94 valence electrons. The number of amides is 1. The second-order valence-electron chi connectivity index (χ2n) is 3.65. The summed E-state index contributed by atoms with van der Waals surface area (Å²) in [6.07, 6.45) is 0. The van der Waals surface area contributed by atoms with Crippen molar-refractivity contribution in [3.63, 3.8) is 0 Å². The zero-order valence-electron chi connectivity index (χ0n) is 9.62. The first kappa shape index (κ1) is 12.9. The maximum atomic E-state index is 11.9. The van der Waals surface area contributed by atoms with Crippen LogP contribution in [-0.2, 0) is 0 Å². The molecule has 0 aliphatic rings. The van der Waals surface area contributed by atoms with Gasteiger partial charge in [-0.05, 0) is 26.0 Å². The molecule has 0 saturated heterocycles. The van der Waals surface area contributed by atoms with Gasteiger partial charge in [0.2, 0.25) is 5.88 Å². The van der Waals surface area contributed by atoms with Gasteiger partial charge >= 0.3 is 0 Å². The van der Waals surface area contributed by atoms with E-state index in [1.165, 1.54) is 12.1 Å². The Balaban J connectivity index is 2.25. The van der Waals surface area contributed by atoms with E-state index in [4.69, 9.17) is 27.7 Å². The Morgan fingerprint density at radius 2 is 2.06 bits per heavy atom. The van der Waals surface area contributed by atoms with Crippen LogP contribution in [0, 0.1) is 13.8 Å². The Labute approximate surface area is 113 Å². The Morgan fingerprint density at radius 3 is 2.61 bits per heavy atom. The second kappa shape index (κ2) is 4.96. The van der Waals surface area contributed by atoms with Crippen molar-refractivity contribution in [1.82, 2.24) is 10.1 Å². The highest BCUT2D eigenvalue weighted by Crippen LogP contribution is 2.21. The molecule has 0 aliphatic heterocycles. The van der Waals surface area contributed by atoms with Crippen molar-refractivity contribution in [1.29, 1.82) is 0 Å². The summed E-state index contributed by atoms with van der Waals surface area (Å²) in [6, 6.07) is 2.98. The number of rotatable bonds is 2. The zero-order chi connectivity index (χ0) is 13.3. The van der Waals surface area contributed by atoms with E-state index in [0.29, 0.717) is 11.6 Å². The second-order valence-corrected chi connectivity index (χ2v) is 4.39. The van der Waals surface area contributed by atoms with Gasteiger partial charge in [0.05, 0.1) is 11.3 Å². The molecule has 0 spiro atoms. The highest BCUT2D eigenvalue weighted by molar-refractivity contribution is 6.35. The number of aryl methyl sites for hydroxylation is 1. The summed E-state index contributed by atoms with van der Waals surface area (Å²) in [4.78, 5) is 15.7. The molecule has 1 amide bonds. The van der Waals surface area contributed by atoms with Crippen molar-refractivity contribution in [2.24, 2.45) is 0 Å². The van der Waals surface area contributed by atoms with E-state index in [1.807, 2.05) is 0 Å². The number of anilines is 1. The Hall–Kier alpha value is -1.59. The van der Waals surface area contributed by atoms with Crippen LogP contribution in [0.25, 0.3) is 0 Å². The van der Waals surface area contributed by atoms with E-state index in [0.717, 1.165) is 5.56 Å². The lowest BCUT2D eigenvalue weighted by Crippen LogP contribution is -2.13. The van der Waals surface area contributed by atoms with Crippen molar-refractivity contribution in [2.45, 2.75) is 13.8 Å². The Morgan fingerprint density at radius 1 is 1.33 bits per heavy atom. The molecule has 0 saturated carbocycles. The lowest BCUT2D eigenvalue weighted by Gasteiger charge is -2.04. The van der Waals surface area contributed by atoms with Gasteiger partial charge in [-0.3, -0.25) is 10.1 Å². The van der Waals surface area contributed by atoms with Gasteiger partial charge in [-0.15, -0.1) is 0 Å². The predicted octanol–water partition coefficient (Wildman–Crippen LogP) is 3.25. The molecular formula is C11H9Cl2N3O2. The van der Waals surface area contributed by atoms with Crippen molar-refractivity contribution in [3.05, 3.63) is 39.3 Å². The van der Waals surface area contributed by atoms with Crippen LogP contribution in [0.5, 0.6) is 0 Å². The van der Waals surface area contributed by atoms with Crippen molar-refractivity contribution in [3.8, 4) is 0 Å². The van der Waals surface area contributed by atoms with Crippen LogP contribution in [0.3, 0.4) is 0 Å². The molecule has 2 heterocycles. The van der Waals surface area contributed by atoms with E-state index in [1.54, 1.807) is 13.8 Å². The van der Waals surface area contributed by atoms with Gasteiger partial charge < -0.3 is 4.52 Å². The van der Waals surface area contributed by atoms with Crippen LogP contribution in [0.4, 0.5) is 5.88 Å². The van der Waals surface area contributed by atoms with E-state index in [-0.39, 0.29) is 15.9 Å². The third-order valence-electron chi connectivity index (χ3n) is 2.44. The van der Waals surface area contributed by atoms with Gasteiger partial charge in [-0.25, -0.2) is 4.98 Å². The summed E-state index contributed by atoms with van der Waals surface area (Å²) in [7, 11) is 0. The largest absolute Gasteiger partial charge is 0.338 e. The van der Waals surface area contributed by atoms with E-state index < -0.39 is 5.91 Å². The molecule has 0 fully saturated rings. The summed E-state index contributed by atoms with van der Waals surface area (Å²) in [5.74, 6) is -0.132. The van der Waals surface area contributed by atoms with Gasteiger partial charge in [-0.1, -0.05) is 28.4 Å². The van der Waals surface area contributed by atoms with Gasteiger partial charge in [0, 0.05) is 5.56 Å². The SMILES string of the molecule is Cc1noc(NC(=O)c2ccc(Cl)nc2Cl)c1C. The molecule has 18 heavy (non-hydrogen) atoms. The number of carbonyl (C=O) groups is 1. The third-order valence-corrected chi connectivity index (χ3v) is 2.94. The molecule has 2 aromatic heterocycles. The molecule has 0 bridgehead atoms. The Bertz CT molecular complexity index is 610. The highest BCUT2D eigenvalue weighted by atomic mass is 35.5. The molecule has 5 nitrogen and oxygen atoms in total. The van der Waals surface area contributed by atoms with Crippen LogP contribution in [0.15, 0.2) is 16.7 Å². The van der Waals surface area contributed by atoms with Gasteiger partial charge in [-0.2, -0.15) is 0 Å². The number of pyridine rings is 1. The first-order valence-corrected chi connectivity index (χ1v) is 5.81. The van der Waals surface area contributed by atoms with Crippen LogP contribution in [0.1, 0.15) is 21.6 Å². The average molecular weight is 286 g/mol. The first-order valence-electron chi connectivity index (χ1n) is 5.05. The van der Waals surface area contributed by atoms with Gasteiger partial charge in [0.15, 0.2) is 0 Å². The fourth-order valence-corrected chi connectivity index (χ4v) is 1.71. The molecule has 0 unspecified atom stereocenters. The maximum Gasteiger partial charge on any atom is 0.261 e. The standard InChI is InChI=1S/C11H9Cl2N3O2/c1-5-6(2)16-18-11(5)15-10(17)7-3-4-8(12)14-9(7)13/h3-4H,1-2H3,(H,15,17). The molecule has 2 rings (SSSR count). The summed E-state index contributed by atoms with van der Waals surface area (Å²) in [5.41, 5.74) is 1.70. The van der Waals surface area contributed by atoms with Gasteiger partial charge in [0.25, 0.3) is 5.91 Å². The average Bonchev–Trinajstić information content (AvgIpc) is 2.61. The molecule has 0 aromatic carbocycles. The van der Waals surface area contributed by atoms with Crippen LogP contribution < -0.4 is 5.32 Å². The summed E-state index contributed by atoms with van der Waals surface area (Å²) < 4.78 is 4.98. The van der Waals surface area contributed by atoms with E-state index in [9.17, 15) is 4.79 Å². The quantitative estimate of drug-likeness (QED) is 0.860. The number of hydrogen-bond donors (Lipinski definition) is 1. The molecule has 0 atom stereocenters. The molecule has 0 aliphatic carbocycles. The highest BCUT2D eigenvalue weighted by Gasteiger charge is 2.16. The normalized spacial score (nSPS) is 10.4. The predicted molar refractivity (Wildman–Crippen MR) is 68.2 cm³/mol. The third kappa shape index (κ3) is 2.47. The number of aromatic nitrogens is 2. The number of nitrogens with one attached hydrogen (secondary N) is 1. The van der Waals surface area contributed by atoms with Crippen LogP contribution >= 0.6 is 23.2 Å². The summed E-state index contributed by atoms with van der Waals surface area (Å²) in [6.45, 7) is 3.58. The minimum absolute atomic E-state index is 0.0360. The van der Waals surface area contributed by atoms with E-state index >= 15 is 0 Å². The molecule has 7 heteroatoms. The van der Waals surface area contributed by atoms with Crippen molar-refractivity contribution < 1.29 is 9.32 Å².